The van der Waals surface area contributed by atoms with Crippen LogP contribution in [0.3, 0.4) is 0 Å². The molecular formula is C35H30ClF3N4O5. The summed E-state index contributed by atoms with van der Waals surface area (Å²) in [5, 5.41) is 11.9. The third-order valence-corrected chi connectivity index (χ3v) is 10.8. The van der Waals surface area contributed by atoms with Crippen LogP contribution in [0.2, 0.25) is 5.02 Å². The average Bonchev–Trinajstić information content (AvgIpc) is 3.41. The van der Waals surface area contributed by atoms with E-state index < -0.39 is 70.4 Å². The summed E-state index contributed by atoms with van der Waals surface area (Å²) in [5.41, 5.74) is -0.107. The number of para-hydroxylation sites is 1. The lowest BCUT2D eigenvalue weighted by Crippen LogP contribution is -2.49. The molecule has 3 fully saturated rings. The highest BCUT2D eigenvalue weighted by Gasteiger charge is 2.68. The monoisotopic (exact) mass is 678 g/mol. The van der Waals surface area contributed by atoms with Gasteiger partial charge in [0.15, 0.2) is 5.82 Å². The van der Waals surface area contributed by atoms with Crippen molar-refractivity contribution in [3.63, 3.8) is 0 Å². The van der Waals surface area contributed by atoms with Gasteiger partial charge < -0.3 is 5.11 Å². The number of carbonyl (C=O) groups excluding carboxylic acids is 4. The first-order chi connectivity index (χ1) is 22.7. The number of amides is 4. The normalized spacial score (nSPS) is 28.3. The molecule has 4 amide bonds. The number of hydrogen-bond donors (Lipinski definition) is 1. The number of phenols is 1. The predicted octanol–water partition coefficient (Wildman–Crippen LogP) is 6.05. The van der Waals surface area contributed by atoms with Crippen LogP contribution in [0.1, 0.15) is 42.5 Å². The Morgan fingerprint density at radius 1 is 0.979 bits per heavy atom. The molecule has 1 aromatic heterocycles. The van der Waals surface area contributed by atoms with Gasteiger partial charge in [0.05, 0.1) is 33.9 Å². The zero-order valence-corrected chi connectivity index (χ0v) is 26.8. The van der Waals surface area contributed by atoms with Crippen LogP contribution < -0.4 is 9.91 Å². The molecule has 2 saturated heterocycles. The van der Waals surface area contributed by atoms with Crippen molar-refractivity contribution in [2.24, 2.45) is 29.1 Å². The SMILES string of the molecule is Cc1cc(C2C3=CCC4C(=O)N(N(C)c5nc(C(F)(F)F)ccc5Cl)C(=O)C4C3CC3C(=O)N(c4ccccc4)C(=O)C32C)ccc1O. The van der Waals surface area contributed by atoms with Gasteiger partial charge in [-0.15, -0.1) is 0 Å². The van der Waals surface area contributed by atoms with Crippen molar-refractivity contribution < 1.29 is 37.5 Å². The van der Waals surface area contributed by atoms with E-state index in [0.29, 0.717) is 22.9 Å². The molecule has 4 aliphatic rings. The molecule has 9 nitrogen and oxygen atoms in total. The highest BCUT2D eigenvalue weighted by molar-refractivity contribution is 6.33. The second-order valence-corrected chi connectivity index (χ2v) is 13.5. The molecular weight excluding hydrogens is 649 g/mol. The summed E-state index contributed by atoms with van der Waals surface area (Å²) in [5.74, 6) is -6.43. The number of allylic oxidation sites excluding steroid dienone is 2. The number of carbonyl (C=O) groups is 4. The number of phenolic OH excluding ortho intramolecular Hbond substituents is 1. The number of pyridine rings is 1. The van der Waals surface area contributed by atoms with Crippen LogP contribution in [-0.2, 0) is 25.4 Å². The fraction of sp³-hybridized carbons (Fsp3) is 0.343. The lowest BCUT2D eigenvalue weighted by Gasteiger charge is -2.49. The van der Waals surface area contributed by atoms with Gasteiger partial charge >= 0.3 is 6.18 Å². The van der Waals surface area contributed by atoms with Gasteiger partial charge in [0.25, 0.3) is 11.8 Å². The maximum Gasteiger partial charge on any atom is 0.433 e. The number of nitrogens with zero attached hydrogens (tertiary/aromatic N) is 4. The second kappa shape index (κ2) is 10.9. The first kappa shape index (κ1) is 31.9. The average molecular weight is 679 g/mol. The van der Waals surface area contributed by atoms with E-state index in [4.69, 9.17) is 11.6 Å². The van der Waals surface area contributed by atoms with Crippen molar-refractivity contribution in [3.05, 3.63) is 94.2 Å². The lowest BCUT2D eigenvalue weighted by atomic mass is 9.51. The minimum atomic E-state index is -4.79. The van der Waals surface area contributed by atoms with Crippen LogP contribution in [0.4, 0.5) is 24.7 Å². The van der Waals surface area contributed by atoms with Gasteiger partial charge in [0, 0.05) is 13.0 Å². The number of rotatable bonds is 4. The Hall–Kier alpha value is -4.71. The number of alkyl halides is 3. The summed E-state index contributed by atoms with van der Waals surface area (Å²) in [6.45, 7) is 3.49. The van der Waals surface area contributed by atoms with E-state index in [-0.39, 0.29) is 29.5 Å². The Labute approximate surface area is 278 Å². The minimum Gasteiger partial charge on any atom is -0.508 e. The summed E-state index contributed by atoms with van der Waals surface area (Å²) >= 11 is 6.24. The number of fused-ring (bicyclic) bond motifs is 4. The largest absolute Gasteiger partial charge is 0.508 e. The number of imide groups is 2. The Morgan fingerprint density at radius 3 is 2.35 bits per heavy atom. The van der Waals surface area contributed by atoms with Crippen molar-refractivity contribution in [1.29, 1.82) is 0 Å². The standard InChI is InChI=1S/C35H30ClF3N4O5/c1-17-15-18(9-13-25(17)44)28-20-10-11-21-27(22(20)16-23-31(46)42(33(48)34(23,28)2)19-7-5-4-6-8-19)32(47)43(30(21)45)41(3)29-24(36)12-14-26(40-29)35(37,38)39/h4-10,12-15,21-23,27-28,44H,11,16H2,1-3H3. The molecule has 7 rings (SSSR count). The van der Waals surface area contributed by atoms with Gasteiger partial charge in [-0.25, -0.2) is 9.88 Å². The van der Waals surface area contributed by atoms with E-state index in [1.165, 1.54) is 18.0 Å². The molecule has 3 heterocycles. The summed E-state index contributed by atoms with van der Waals surface area (Å²) in [7, 11) is 1.26. The maximum absolute atomic E-state index is 14.4. The Morgan fingerprint density at radius 2 is 1.69 bits per heavy atom. The number of hydrazine groups is 1. The zero-order chi connectivity index (χ0) is 34.4. The number of aromatic nitrogens is 1. The van der Waals surface area contributed by atoms with Gasteiger partial charge in [-0.05, 0) is 74.1 Å². The number of hydrogen-bond acceptors (Lipinski definition) is 7. The number of anilines is 2. The van der Waals surface area contributed by atoms with Crippen molar-refractivity contribution >= 4 is 46.7 Å². The smallest absolute Gasteiger partial charge is 0.433 e. The van der Waals surface area contributed by atoms with Crippen molar-refractivity contribution in [3.8, 4) is 5.75 Å². The van der Waals surface area contributed by atoms with Gasteiger partial charge in [-0.1, -0.05) is 53.6 Å². The molecule has 1 saturated carbocycles. The Balaban J connectivity index is 1.32. The number of halogens is 4. The van der Waals surface area contributed by atoms with E-state index in [1.54, 1.807) is 56.3 Å². The summed E-state index contributed by atoms with van der Waals surface area (Å²) in [6, 6.07) is 15.3. The third kappa shape index (κ3) is 4.48. The van der Waals surface area contributed by atoms with Gasteiger partial charge in [-0.3, -0.25) is 24.2 Å². The highest BCUT2D eigenvalue weighted by atomic mass is 35.5. The van der Waals surface area contributed by atoms with E-state index in [1.807, 2.05) is 6.08 Å². The molecule has 48 heavy (non-hydrogen) atoms. The summed E-state index contributed by atoms with van der Waals surface area (Å²) in [6.07, 6.45) is -2.69. The quantitative estimate of drug-likeness (QED) is 0.264. The van der Waals surface area contributed by atoms with Gasteiger partial charge in [0.1, 0.15) is 11.4 Å². The first-order valence-corrected chi connectivity index (χ1v) is 15.8. The Bertz CT molecular complexity index is 1930. The van der Waals surface area contributed by atoms with E-state index in [0.717, 1.165) is 21.7 Å². The van der Waals surface area contributed by atoms with Crippen LogP contribution in [-0.4, -0.2) is 45.8 Å². The molecule has 6 unspecified atom stereocenters. The van der Waals surface area contributed by atoms with Crippen LogP contribution >= 0.6 is 11.6 Å². The molecule has 3 aromatic rings. The number of benzene rings is 2. The van der Waals surface area contributed by atoms with E-state index in [2.05, 4.69) is 4.98 Å². The van der Waals surface area contributed by atoms with Crippen molar-refractivity contribution in [1.82, 2.24) is 9.99 Å². The fourth-order valence-electron chi connectivity index (χ4n) is 8.27. The molecule has 13 heteroatoms. The molecule has 2 aliphatic carbocycles. The number of aromatic hydroxyl groups is 1. The maximum atomic E-state index is 14.4. The molecule has 6 atom stereocenters. The molecule has 0 radical (unpaired) electrons. The van der Waals surface area contributed by atoms with Gasteiger partial charge in [0.2, 0.25) is 11.8 Å². The minimum absolute atomic E-state index is 0.0577. The molecule has 2 aliphatic heterocycles. The molecule has 2 aromatic carbocycles. The first-order valence-electron chi connectivity index (χ1n) is 15.4. The third-order valence-electron chi connectivity index (χ3n) is 10.5. The van der Waals surface area contributed by atoms with Gasteiger partial charge in [-0.2, -0.15) is 18.2 Å². The van der Waals surface area contributed by atoms with E-state index >= 15 is 0 Å². The fourth-order valence-corrected chi connectivity index (χ4v) is 8.49. The summed E-state index contributed by atoms with van der Waals surface area (Å²) < 4.78 is 40.6. The van der Waals surface area contributed by atoms with Crippen LogP contribution in [0, 0.1) is 36.0 Å². The van der Waals surface area contributed by atoms with Crippen LogP contribution in [0.15, 0.2) is 72.3 Å². The van der Waals surface area contributed by atoms with Crippen LogP contribution in [0.25, 0.3) is 0 Å². The van der Waals surface area contributed by atoms with Crippen molar-refractivity contribution in [2.45, 2.75) is 38.8 Å². The summed E-state index contributed by atoms with van der Waals surface area (Å²) in [4.78, 5) is 61.7. The zero-order valence-electron chi connectivity index (χ0n) is 26.0. The molecule has 0 bridgehead atoms. The van der Waals surface area contributed by atoms with E-state index in [9.17, 15) is 37.5 Å². The highest BCUT2D eigenvalue weighted by Crippen LogP contribution is 2.63. The second-order valence-electron chi connectivity index (χ2n) is 13.1. The lowest BCUT2D eigenvalue weighted by molar-refractivity contribution is -0.141. The molecule has 1 N–H and O–H groups in total. The van der Waals surface area contributed by atoms with Crippen molar-refractivity contribution in [2.75, 3.05) is 17.0 Å². The topological polar surface area (TPSA) is 111 Å². The number of aryl methyl sites for hydroxylation is 1. The predicted molar refractivity (Wildman–Crippen MR) is 168 cm³/mol. The molecule has 248 valence electrons. The Kier molecular flexibility index (Phi) is 7.24. The molecule has 0 spiro atoms. The van der Waals surface area contributed by atoms with Crippen LogP contribution in [0.5, 0.6) is 5.75 Å².